The Morgan fingerprint density at radius 2 is 1.78 bits per heavy atom. The van der Waals surface area contributed by atoms with Crippen molar-refractivity contribution in [3.05, 3.63) is 29.8 Å². The maximum Gasteiger partial charge on any atom is 0.243 e. The molecular weight excluding hydrogens is 248 g/mol. The SMILES string of the molecule is CCc1ccc(S(=O)(=O)N(CCN)C(C)C)cc1. The Bertz CT molecular complexity index is 466. The van der Waals surface area contributed by atoms with E-state index in [0.717, 1.165) is 12.0 Å². The monoisotopic (exact) mass is 270 g/mol. The lowest BCUT2D eigenvalue weighted by Gasteiger charge is -2.25. The Kier molecular flexibility index (Phi) is 5.31. The molecule has 0 heterocycles. The van der Waals surface area contributed by atoms with Gasteiger partial charge in [-0.05, 0) is 38.0 Å². The van der Waals surface area contributed by atoms with E-state index in [0.29, 0.717) is 18.0 Å². The van der Waals surface area contributed by atoms with Crippen LogP contribution in [0.15, 0.2) is 29.2 Å². The van der Waals surface area contributed by atoms with Crippen LogP contribution in [0.25, 0.3) is 0 Å². The molecule has 0 radical (unpaired) electrons. The van der Waals surface area contributed by atoms with Gasteiger partial charge < -0.3 is 5.73 Å². The van der Waals surface area contributed by atoms with E-state index >= 15 is 0 Å². The van der Waals surface area contributed by atoms with Crippen LogP contribution in [0.4, 0.5) is 0 Å². The second kappa shape index (κ2) is 6.31. The van der Waals surface area contributed by atoms with Crippen LogP contribution < -0.4 is 5.73 Å². The quantitative estimate of drug-likeness (QED) is 0.854. The Morgan fingerprint density at radius 1 is 1.22 bits per heavy atom. The molecule has 2 N–H and O–H groups in total. The van der Waals surface area contributed by atoms with Gasteiger partial charge in [-0.3, -0.25) is 0 Å². The minimum atomic E-state index is -3.43. The molecule has 0 saturated carbocycles. The van der Waals surface area contributed by atoms with Crippen LogP contribution >= 0.6 is 0 Å². The van der Waals surface area contributed by atoms with Crippen molar-refractivity contribution in [2.24, 2.45) is 5.73 Å². The van der Waals surface area contributed by atoms with Gasteiger partial charge in [0.25, 0.3) is 0 Å². The number of hydrogen-bond acceptors (Lipinski definition) is 3. The summed E-state index contributed by atoms with van der Waals surface area (Å²) >= 11 is 0. The molecule has 18 heavy (non-hydrogen) atoms. The second-order valence-corrected chi connectivity index (χ2v) is 6.39. The summed E-state index contributed by atoms with van der Waals surface area (Å²) in [5, 5.41) is 0. The Hall–Kier alpha value is -0.910. The van der Waals surface area contributed by atoms with E-state index in [1.54, 1.807) is 12.1 Å². The molecule has 0 bridgehead atoms. The van der Waals surface area contributed by atoms with Gasteiger partial charge in [-0.1, -0.05) is 19.1 Å². The van der Waals surface area contributed by atoms with Crippen molar-refractivity contribution < 1.29 is 8.42 Å². The molecule has 0 spiro atoms. The number of rotatable bonds is 6. The Balaban J connectivity index is 3.09. The van der Waals surface area contributed by atoms with Crippen LogP contribution in [-0.2, 0) is 16.4 Å². The van der Waals surface area contributed by atoms with Crippen molar-refractivity contribution >= 4 is 10.0 Å². The number of sulfonamides is 1. The lowest BCUT2D eigenvalue weighted by atomic mass is 10.2. The molecule has 0 aliphatic rings. The molecule has 0 atom stereocenters. The van der Waals surface area contributed by atoms with Crippen LogP contribution in [-0.4, -0.2) is 31.9 Å². The summed E-state index contributed by atoms with van der Waals surface area (Å²) in [5.74, 6) is 0. The average Bonchev–Trinajstić information content (AvgIpc) is 2.35. The van der Waals surface area contributed by atoms with Crippen molar-refractivity contribution in [1.29, 1.82) is 0 Å². The molecule has 1 aromatic rings. The molecule has 0 unspecified atom stereocenters. The van der Waals surface area contributed by atoms with Crippen molar-refractivity contribution in [2.45, 2.75) is 38.1 Å². The number of nitrogens with two attached hydrogens (primary N) is 1. The van der Waals surface area contributed by atoms with E-state index in [9.17, 15) is 8.42 Å². The first-order chi connectivity index (χ1) is 8.43. The number of nitrogens with zero attached hydrogens (tertiary/aromatic N) is 1. The highest BCUT2D eigenvalue weighted by molar-refractivity contribution is 7.89. The van der Waals surface area contributed by atoms with Gasteiger partial charge in [0.2, 0.25) is 10.0 Å². The number of aryl methyl sites for hydroxylation is 1. The van der Waals surface area contributed by atoms with Gasteiger partial charge in [-0.15, -0.1) is 0 Å². The second-order valence-electron chi connectivity index (χ2n) is 4.50. The highest BCUT2D eigenvalue weighted by Gasteiger charge is 2.25. The number of benzene rings is 1. The standard InChI is InChI=1S/C13H22N2O2S/c1-4-12-5-7-13(8-6-12)18(16,17)15(10-9-14)11(2)3/h5-8,11H,4,9-10,14H2,1-3H3. The van der Waals surface area contributed by atoms with Crippen molar-refractivity contribution in [1.82, 2.24) is 4.31 Å². The summed E-state index contributed by atoms with van der Waals surface area (Å²) in [6.07, 6.45) is 0.900. The van der Waals surface area contributed by atoms with Crippen molar-refractivity contribution in [3.8, 4) is 0 Å². The zero-order valence-electron chi connectivity index (χ0n) is 11.3. The van der Waals surface area contributed by atoms with E-state index in [-0.39, 0.29) is 6.04 Å². The topological polar surface area (TPSA) is 63.4 Å². The first-order valence-corrected chi connectivity index (χ1v) is 7.68. The minimum absolute atomic E-state index is 0.0931. The third kappa shape index (κ3) is 3.31. The third-order valence-corrected chi connectivity index (χ3v) is 4.95. The highest BCUT2D eigenvalue weighted by atomic mass is 32.2. The summed E-state index contributed by atoms with van der Waals surface area (Å²) in [6.45, 7) is 6.42. The lowest BCUT2D eigenvalue weighted by molar-refractivity contribution is 0.361. The zero-order valence-corrected chi connectivity index (χ0v) is 12.1. The molecule has 0 fully saturated rings. The van der Waals surface area contributed by atoms with E-state index in [2.05, 4.69) is 0 Å². The fraction of sp³-hybridized carbons (Fsp3) is 0.538. The molecule has 1 rings (SSSR count). The molecule has 4 nitrogen and oxygen atoms in total. The van der Waals surface area contributed by atoms with Gasteiger partial charge in [0.15, 0.2) is 0 Å². The molecule has 102 valence electrons. The predicted molar refractivity (Wildman–Crippen MR) is 73.9 cm³/mol. The minimum Gasteiger partial charge on any atom is -0.329 e. The summed E-state index contributed by atoms with van der Waals surface area (Å²) in [5.41, 5.74) is 6.61. The summed E-state index contributed by atoms with van der Waals surface area (Å²) in [6, 6.07) is 6.95. The molecule has 0 saturated heterocycles. The van der Waals surface area contributed by atoms with Gasteiger partial charge in [0.1, 0.15) is 0 Å². The van der Waals surface area contributed by atoms with Gasteiger partial charge in [-0.25, -0.2) is 8.42 Å². The molecule has 5 heteroatoms. The maximum atomic E-state index is 12.4. The summed E-state index contributed by atoms with van der Waals surface area (Å²) < 4.78 is 26.3. The van der Waals surface area contributed by atoms with Crippen LogP contribution in [0.1, 0.15) is 26.3 Å². The van der Waals surface area contributed by atoms with E-state index in [1.165, 1.54) is 4.31 Å². The Labute approximate surface area is 110 Å². The van der Waals surface area contributed by atoms with Crippen molar-refractivity contribution in [2.75, 3.05) is 13.1 Å². The van der Waals surface area contributed by atoms with E-state index in [1.807, 2.05) is 32.9 Å². The predicted octanol–water partition coefficient (Wildman–Crippen LogP) is 1.61. The third-order valence-electron chi connectivity index (χ3n) is 2.86. The average molecular weight is 270 g/mol. The normalized spacial score (nSPS) is 12.3. The first-order valence-electron chi connectivity index (χ1n) is 6.24. The highest BCUT2D eigenvalue weighted by Crippen LogP contribution is 2.18. The van der Waals surface area contributed by atoms with Gasteiger partial charge in [0.05, 0.1) is 4.90 Å². The van der Waals surface area contributed by atoms with Crippen LogP contribution in [0.2, 0.25) is 0 Å². The van der Waals surface area contributed by atoms with Gasteiger partial charge in [0, 0.05) is 19.1 Å². The summed E-state index contributed by atoms with van der Waals surface area (Å²) in [4.78, 5) is 0.335. The number of hydrogen-bond donors (Lipinski definition) is 1. The summed E-state index contributed by atoms with van der Waals surface area (Å²) in [7, 11) is -3.43. The van der Waals surface area contributed by atoms with Crippen LogP contribution in [0, 0.1) is 0 Å². The molecule has 1 aromatic carbocycles. The van der Waals surface area contributed by atoms with Gasteiger partial charge in [-0.2, -0.15) is 4.31 Å². The lowest BCUT2D eigenvalue weighted by Crippen LogP contribution is -2.40. The molecular formula is C13H22N2O2S. The van der Waals surface area contributed by atoms with E-state index in [4.69, 9.17) is 5.73 Å². The van der Waals surface area contributed by atoms with Crippen LogP contribution in [0.3, 0.4) is 0 Å². The van der Waals surface area contributed by atoms with Gasteiger partial charge >= 0.3 is 0 Å². The molecule has 0 amide bonds. The largest absolute Gasteiger partial charge is 0.329 e. The Morgan fingerprint density at radius 3 is 2.17 bits per heavy atom. The molecule has 0 aliphatic heterocycles. The zero-order chi connectivity index (χ0) is 13.8. The molecule has 0 aliphatic carbocycles. The first kappa shape index (κ1) is 15.1. The molecule has 0 aromatic heterocycles. The maximum absolute atomic E-state index is 12.4. The fourth-order valence-corrected chi connectivity index (χ4v) is 3.47. The fourth-order valence-electron chi connectivity index (χ4n) is 1.82. The van der Waals surface area contributed by atoms with Crippen molar-refractivity contribution in [3.63, 3.8) is 0 Å². The van der Waals surface area contributed by atoms with Crippen LogP contribution in [0.5, 0.6) is 0 Å². The smallest absolute Gasteiger partial charge is 0.243 e. The van der Waals surface area contributed by atoms with E-state index < -0.39 is 10.0 Å².